The van der Waals surface area contributed by atoms with Crippen molar-refractivity contribution < 1.29 is 14.7 Å². The van der Waals surface area contributed by atoms with Crippen LogP contribution in [-0.2, 0) is 4.79 Å². The molecule has 0 radical (unpaired) electrons. The molecule has 2 N–H and O–H groups in total. The van der Waals surface area contributed by atoms with Crippen LogP contribution >= 0.6 is 0 Å². The first-order valence-electron chi connectivity index (χ1n) is 7.94. The zero-order chi connectivity index (χ0) is 17.7. The zero-order valence-electron chi connectivity index (χ0n) is 14.1. The van der Waals surface area contributed by atoms with Crippen LogP contribution in [-0.4, -0.2) is 28.0 Å². The van der Waals surface area contributed by atoms with Gasteiger partial charge in [-0.2, -0.15) is 0 Å². The zero-order valence-corrected chi connectivity index (χ0v) is 14.1. The van der Waals surface area contributed by atoms with Crippen LogP contribution in [0.2, 0.25) is 0 Å². The molecule has 24 heavy (non-hydrogen) atoms. The molecule has 1 aromatic heterocycles. The Kier molecular flexibility index (Phi) is 5.68. The summed E-state index contributed by atoms with van der Waals surface area (Å²) in [5.74, 6) is -1.22. The highest BCUT2D eigenvalue weighted by atomic mass is 16.4. The van der Waals surface area contributed by atoms with Crippen LogP contribution in [0.1, 0.15) is 36.2 Å². The number of aromatic nitrogens is 1. The molecule has 0 fully saturated rings. The third-order valence-electron chi connectivity index (χ3n) is 3.83. The number of carboxylic acids is 1. The minimum atomic E-state index is -1.02. The van der Waals surface area contributed by atoms with Crippen molar-refractivity contribution in [3.05, 3.63) is 53.7 Å². The summed E-state index contributed by atoms with van der Waals surface area (Å²) in [7, 11) is 0. The number of nitrogens with zero attached hydrogens (tertiary/aromatic N) is 1. The van der Waals surface area contributed by atoms with E-state index in [9.17, 15) is 14.7 Å². The summed E-state index contributed by atoms with van der Waals surface area (Å²) in [6.07, 6.45) is 2.09. The third kappa shape index (κ3) is 4.19. The molecule has 0 spiro atoms. The Morgan fingerprint density at radius 1 is 1.17 bits per heavy atom. The summed E-state index contributed by atoms with van der Waals surface area (Å²) in [5.41, 5.74) is 2.89. The number of aliphatic carboxylic acids is 1. The largest absolute Gasteiger partial charge is 0.480 e. The summed E-state index contributed by atoms with van der Waals surface area (Å²) in [6, 6.07) is 10.1. The molecule has 5 heteroatoms. The Labute approximate surface area is 141 Å². The number of pyridine rings is 1. The molecule has 126 valence electrons. The summed E-state index contributed by atoms with van der Waals surface area (Å²) in [6.45, 7) is 5.70. The number of benzene rings is 1. The minimum absolute atomic E-state index is 0.173. The molecular formula is C19H22N2O3. The molecule has 2 aromatic rings. The van der Waals surface area contributed by atoms with E-state index < -0.39 is 12.0 Å². The van der Waals surface area contributed by atoms with Crippen LogP contribution in [0.5, 0.6) is 0 Å². The van der Waals surface area contributed by atoms with Crippen LogP contribution in [0.25, 0.3) is 11.3 Å². The molecule has 1 heterocycles. The third-order valence-corrected chi connectivity index (χ3v) is 3.83. The van der Waals surface area contributed by atoms with Gasteiger partial charge in [-0.3, -0.25) is 9.78 Å². The van der Waals surface area contributed by atoms with Gasteiger partial charge in [0.05, 0.1) is 5.69 Å². The molecule has 0 aliphatic carbocycles. The van der Waals surface area contributed by atoms with Crippen molar-refractivity contribution >= 4 is 11.9 Å². The summed E-state index contributed by atoms with van der Waals surface area (Å²) in [4.78, 5) is 28.2. The van der Waals surface area contributed by atoms with Gasteiger partial charge in [0.2, 0.25) is 0 Å². The first kappa shape index (κ1) is 17.7. The lowest BCUT2D eigenvalue weighted by Crippen LogP contribution is -2.41. The van der Waals surface area contributed by atoms with Gasteiger partial charge in [0.25, 0.3) is 5.91 Å². The van der Waals surface area contributed by atoms with Gasteiger partial charge in [-0.25, -0.2) is 4.79 Å². The summed E-state index contributed by atoms with van der Waals surface area (Å²) >= 11 is 0. The predicted molar refractivity (Wildman–Crippen MR) is 92.8 cm³/mol. The van der Waals surface area contributed by atoms with Gasteiger partial charge in [0, 0.05) is 17.3 Å². The lowest BCUT2D eigenvalue weighted by molar-refractivity contribution is -0.139. The molecule has 0 saturated carbocycles. The molecule has 0 aliphatic heterocycles. The fourth-order valence-electron chi connectivity index (χ4n) is 2.61. The highest BCUT2D eigenvalue weighted by molar-refractivity contribution is 5.99. The van der Waals surface area contributed by atoms with E-state index >= 15 is 0 Å². The highest BCUT2D eigenvalue weighted by Gasteiger charge is 2.23. The Morgan fingerprint density at radius 3 is 2.50 bits per heavy atom. The Morgan fingerprint density at radius 2 is 1.92 bits per heavy atom. The van der Waals surface area contributed by atoms with Gasteiger partial charge in [-0.15, -0.1) is 0 Å². The van der Waals surface area contributed by atoms with E-state index in [0.717, 1.165) is 16.8 Å². The number of amides is 1. The van der Waals surface area contributed by atoms with E-state index in [4.69, 9.17) is 0 Å². The monoisotopic (exact) mass is 326 g/mol. The van der Waals surface area contributed by atoms with E-state index in [1.54, 1.807) is 18.3 Å². The first-order chi connectivity index (χ1) is 11.4. The van der Waals surface area contributed by atoms with Crippen molar-refractivity contribution in [1.82, 2.24) is 10.3 Å². The van der Waals surface area contributed by atoms with E-state index in [0.29, 0.717) is 12.0 Å². The van der Waals surface area contributed by atoms with Crippen molar-refractivity contribution in [2.24, 2.45) is 5.92 Å². The van der Waals surface area contributed by atoms with Crippen molar-refractivity contribution in [2.45, 2.75) is 33.2 Å². The van der Waals surface area contributed by atoms with Gasteiger partial charge in [-0.05, 0) is 43.0 Å². The number of carboxylic acid groups (broad SMARTS) is 1. The van der Waals surface area contributed by atoms with Gasteiger partial charge in [0.1, 0.15) is 6.04 Å². The quantitative estimate of drug-likeness (QED) is 0.854. The maximum Gasteiger partial charge on any atom is 0.326 e. The molecule has 1 amide bonds. The van der Waals surface area contributed by atoms with Gasteiger partial charge < -0.3 is 10.4 Å². The minimum Gasteiger partial charge on any atom is -0.480 e. The Hall–Kier alpha value is -2.69. The molecule has 1 unspecified atom stereocenters. The first-order valence-corrected chi connectivity index (χ1v) is 7.94. The second kappa shape index (κ2) is 7.73. The second-order valence-corrected chi connectivity index (χ2v) is 6.19. The molecule has 1 atom stereocenters. The van der Waals surface area contributed by atoms with Crippen LogP contribution in [0.3, 0.4) is 0 Å². The molecule has 1 aromatic carbocycles. The molecule has 2 rings (SSSR count). The number of hydrogen-bond donors (Lipinski definition) is 2. The number of hydrogen-bond acceptors (Lipinski definition) is 3. The van der Waals surface area contributed by atoms with Crippen LogP contribution in [0.4, 0.5) is 0 Å². The van der Waals surface area contributed by atoms with Crippen molar-refractivity contribution in [2.75, 3.05) is 0 Å². The number of nitrogens with one attached hydrogen (secondary N) is 1. The lowest BCUT2D eigenvalue weighted by atomic mass is 9.98. The average molecular weight is 326 g/mol. The number of carbonyl (C=O) groups is 2. The summed E-state index contributed by atoms with van der Waals surface area (Å²) < 4.78 is 0. The number of carbonyl (C=O) groups excluding carboxylic acids is 1. The average Bonchev–Trinajstić information content (AvgIpc) is 2.54. The highest BCUT2D eigenvalue weighted by Crippen LogP contribution is 2.24. The normalized spacial score (nSPS) is 12.0. The molecule has 0 aliphatic rings. The van der Waals surface area contributed by atoms with E-state index in [-0.39, 0.29) is 11.8 Å². The topological polar surface area (TPSA) is 79.3 Å². The lowest BCUT2D eigenvalue weighted by Gasteiger charge is -2.18. The Balaban J connectivity index is 2.29. The van der Waals surface area contributed by atoms with Crippen molar-refractivity contribution in [1.29, 1.82) is 0 Å². The molecular weight excluding hydrogens is 304 g/mol. The number of rotatable bonds is 6. The fraction of sp³-hybridized carbons (Fsp3) is 0.316. The molecule has 0 bridgehead atoms. The standard InChI is InChI=1S/C19H22N2O3/c1-12(2)11-17(19(23)24)21-18(22)15-8-6-7-14(13(15)3)16-9-4-5-10-20-16/h4-10,12,17H,11H2,1-3H3,(H,21,22)(H,23,24). The summed E-state index contributed by atoms with van der Waals surface area (Å²) in [5, 5.41) is 11.9. The van der Waals surface area contributed by atoms with Gasteiger partial charge in [0.15, 0.2) is 0 Å². The van der Waals surface area contributed by atoms with Crippen LogP contribution in [0.15, 0.2) is 42.6 Å². The second-order valence-electron chi connectivity index (χ2n) is 6.19. The fourth-order valence-corrected chi connectivity index (χ4v) is 2.61. The van der Waals surface area contributed by atoms with Crippen LogP contribution in [0, 0.1) is 12.8 Å². The molecule has 5 nitrogen and oxygen atoms in total. The smallest absolute Gasteiger partial charge is 0.326 e. The van der Waals surface area contributed by atoms with E-state index in [1.165, 1.54) is 0 Å². The maximum absolute atomic E-state index is 12.6. The van der Waals surface area contributed by atoms with Crippen molar-refractivity contribution in [3.8, 4) is 11.3 Å². The van der Waals surface area contributed by atoms with Gasteiger partial charge in [-0.1, -0.05) is 32.0 Å². The Bertz CT molecular complexity index is 727. The SMILES string of the molecule is Cc1c(C(=O)NC(CC(C)C)C(=O)O)cccc1-c1ccccn1. The maximum atomic E-state index is 12.6. The van der Waals surface area contributed by atoms with E-state index in [1.807, 2.05) is 45.0 Å². The van der Waals surface area contributed by atoms with Gasteiger partial charge >= 0.3 is 5.97 Å². The van der Waals surface area contributed by atoms with Crippen molar-refractivity contribution in [3.63, 3.8) is 0 Å². The molecule has 0 saturated heterocycles. The van der Waals surface area contributed by atoms with E-state index in [2.05, 4.69) is 10.3 Å². The predicted octanol–water partition coefficient (Wildman–Crippen LogP) is 3.29. The van der Waals surface area contributed by atoms with Crippen LogP contribution < -0.4 is 5.32 Å².